The Labute approximate surface area is 130 Å². The molecule has 0 aliphatic carbocycles. The second kappa shape index (κ2) is 5.92. The Bertz CT molecular complexity index is 721. The van der Waals surface area contributed by atoms with Crippen molar-refractivity contribution in [3.8, 4) is 0 Å². The molecule has 0 radical (unpaired) electrons. The summed E-state index contributed by atoms with van der Waals surface area (Å²) in [6.45, 7) is 4.96. The van der Waals surface area contributed by atoms with Gasteiger partial charge in [0, 0.05) is 43.0 Å². The number of fused-ring (bicyclic) bond motifs is 1. The van der Waals surface area contributed by atoms with Crippen LogP contribution in [0.4, 0.5) is 0 Å². The molecule has 1 saturated heterocycles. The van der Waals surface area contributed by atoms with Crippen molar-refractivity contribution in [2.45, 2.75) is 30.8 Å². The first-order valence-electron chi connectivity index (χ1n) is 6.67. The molecule has 2 aromatic rings. The zero-order valence-electron chi connectivity index (χ0n) is 11.9. The van der Waals surface area contributed by atoms with Gasteiger partial charge in [0.25, 0.3) is 0 Å². The lowest BCUT2D eigenvalue weighted by Gasteiger charge is -2.35. The number of H-pyrrole nitrogens is 1. The fourth-order valence-electron chi connectivity index (χ4n) is 2.76. The number of aromatic amines is 1. The van der Waals surface area contributed by atoms with E-state index < -0.39 is 10.0 Å². The first-order valence-corrected chi connectivity index (χ1v) is 8.11. The number of sulfonamides is 1. The summed E-state index contributed by atoms with van der Waals surface area (Å²) >= 11 is 0. The van der Waals surface area contributed by atoms with Crippen LogP contribution in [0, 0.1) is 0 Å². The molecular formula is C13H19ClN4O2S. The predicted octanol–water partition coefficient (Wildman–Crippen LogP) is 1.36. The van der Waals surface area contributed by atoms with Crippen LogP contribution in [0.15, 0.2) is 29.4 Å². The standard InChI is InChI=1S/C13H18N4O2S.ClH/c1-9-7-17(8-10(2)16-9)20(18,19)12-6-15-13-11(12)4-3-5-14-13;/h3-6,9-10,16H,7-8H2,1-2H3,(H,14,15);1H. The highest BCUT2D eigenvalue weighted by Gasteiger charge is 2.32. The van der Waals surface area contributed by atoms with Crippen LogP contribution in [0.2, 0.25) is 0 Å². The van der Waals surface area contributed by atoms with Crippen molar-refractivity contribution in [2.75, 3.05) is 13.1 Å². The topological polar surface area (TPSA) is 78.1 Å². The van der Waals surface area contributed by atoms with Crippen LogP contribution in [0.5, 0.6) is 0 Å². The Morgan fingerprint density at radius 2 is 1.95 bits per heavy atom. The van der Waals surface area contributed by atoms with E-state index in [4.69, 9.17) is 0 Å². The first-order chi connectivity index (χ1) is 9.48. The summed E-state index contributed by atoms with van der Waals surface area (Å²) in [4.78, 5) is 7.37. The SMILES string of the molecule is CC1CN(S(=O)(=O)c2c[nH]c3ncccc23)CC(C)N1.Cl. The van der Waals surface area contributed by atoms with Gasteiger partial charge in [-0.3, -0.25) is 0 Å². The molecule has 2 unspecified atom stereocenters. The van der Waals surface area contributed by atoms with Crippen molar-refractivity contribution in [1.29, 1.82) is 0 Å². The predicted molar refractivity (Wildman–Crippen MR) is 84.2 cm³/mol. The Hall–Kier alpha value is -1.15. The van der Waals surface area contributed by atoms with Gasteiger partial charge in [-0.1, -0.05) is 0 Å². The van der Waals surface area contributed by atoms with Crippen molar-refractivity contribution >= 4 is 33.5 Å². The number of nitrogens with zero attached hydrogens (tertiary/aromatic N) is 2. The summed E-state index contributed by atoms with van der Waals surface area (Å²) in [7, 11) is -3.49. The third kappa shape index (κ3) is 2.91. The molecule has 0 amide bonds. The number of pyridine rings is 1. The van der Waals surface area contributed by atoms with Crippen LogP contribution in [-0.2, 0) is 10.0 Å². The number of aromatic nitrogens is 2. The van der Waals surface area contributed by atoms with Gasteiger partial charge in [0.05, 0.1) is 0 Å². The number of rotatable bonds is 2. The van der Waals surface area contributed by atoms with Crippen LogP contribution < -0.4 is 5.32 Å². The Kier molecular flexibility index (Phi) is 4.57. The van der Waals surface area contributed by atoms with E-state index >= 15 is 0 Å². The second-order valence-corrected chi connectivity index (χ2v) is 7.25. The molecule has 0 bridgehead atoms. The Balaban J connectivity index is 0.00000161. The number of hydrogen-bond donors (Lipinski definition) is 2. The highest BCUT2D eigenvalue weighted by Crippen LogP contribution is 2.25. The van der Waals surface area contributed by atoms with Gasteiger partial charge in [-0.05, 0) is 26.0 Å². The number of nitrogens with one attached hydrogen (secondary N) is 2. The summed E-state index contributed by atoms with van der Waals surface area (Å²) in [5.74, 6) is 0. The molecule has 1 fully saturated rings. The van der Waals surface area contributed by atoms with E-state index in [1.54, 1.807) is 22.6 Å². The molecule has 0 aromatic carbocycles. The van der Waals surface area contributed by atoms with Crippen molar-refractivity contribution in [2.24, 2.45) is 0 Å². The molecular weight excluding hydrogens is 312 g/mol. The van der Waals surface area contributed by atoms with Crippen LogP contribution in [0.3, 0.4) is 0 Å². The van der Waals surface area contributed by atoms with Gasteiger partial charge in [0.2, 0.25) is 10.0 Å². The first kappa shape index (κ1) is 16.2. The molecule has 2 N–H and O–H groups in total. The summed E-state index contributed by atoms with van der Waals surface area (Å²) in [6, 6.07) is 3.83. The molecule has 0 spiro atoms. The summed E-state index contributed by atoms with van der Waals surface area (Å²) in [6.07, 6.45) is 3.18. The number of piperazine rings is 1. The summed E-state index contributed by atoms with van der Waals surface area (Å²) in [5, 5.41) is 3.98. The lowest BCUT2D eigenvalue weighted by atomic mass is 10.2. The second-order valence-electron chi connectivity index (χ2n) is 5.34. The van der Waals surface area contributed by atoms with E-state index in [-0.39, 0.29) is 24.5 Å². The van der Waals surface area contributed by atoms with Gasteiger partial charge in [-0.2, -0.15) is 4.31 Å². The highest BCUT2D eigenvalue weighted by molar-refractivity contribution is 7.89. The van der Waals surface area contributed by atoms with Crippen LogP contribution in [0.25, 0.3) is 11.0 Å². The molecule has 2 atom stereocenters. The van der Waals surface area contributed by atoms with Gasteiger partial charge < -0.3 is 10.3 Å². The molecule has 6 nitrogen and oxygen atoms in total. The minimum atomic E-state index is -3.49. The fraction of sp³-hybridized carbons (Fsp3) is 0.462. The molecule has 116 valence electrons. The van der Waals surface area contributed by atoms with E-state index in [0.717, 1.165) is 0 Å². The highest BCUT2D eigenvalue weighted by atomic mass is 35.5. The number of hydrogen-bond acceptors (Lipinski definition) is 4. The Morgan fingerprint density at radius 1 is 1.29 bits per heavy atom. The Morgan fingerprint density at radius 3 is 2.62 bits per heavy atom. The van der Waals surface area contributed by atoms with Gasteiger partial charge in [0.15, 0.2) is 0 Å². The minimum Gasteiger partial charge on any atom is -0.345 e. The van der Waals surface area contributed by atoms with Crippen molar-refractivity contribution in [3.63, 3.8) is 0 Å². The zero-order valence-corrected chi connectivity index (χ0v) is 13.5. The largest absolute Gasteiger partial charge is 0.345 e. The van der Waals surface area contributed by atoms with E-state index in [0.29, 0.717) is 29.0 Å². The lowest BCUT2D eigenvalue weighted by Crippen LogP contribution is -2.55. The van der Waals surface area contributed by atoms with Crippen LogP contribution in [0.1, 0.15) is 13.8 Å². The van der Waals surface area contributed by atoms with Crippen LogP contribution in [-0.4, -0.2) is 47.9 Å². The van der Waals surface area contributed by atoms with Crippen molar-refractivity contribution in [1.82, 2.24) is 19.6 Å². The molecule has 3 rings (SSSR count). The molecule has 1 aliphatic rings. The van der Waals surface area contributed by atoms with E-state index in [1.165, 1.54) is 6.20 Å². The van der Waals surface area contributed by atoms with Gasteiger partial charge in [-0.15, -0.1) is 12.4 Å². The van der Waals surface area contributed by atoms with E-state index in [2.05, 4.69) is 15.3 Å². The minimum absolute atomic E-state index is 0. The molecule has 2 aromatic heterocycles. The maximum absolute atomic E-state index is 12.8. The maximum Gasteiger partial charge on any atom is 0.245 e. The fourth-order valence-corrected chi connectivity index (χ4v) is 4.52. The zero-order chi connectivity index (χ0) is 14.3. The molecule has 8 heteroatoms. The normalized spacial score (nSPS) is 23.9. The quantitative estimate of drug-likeness (QED) is 0.871. The van der Waals surface area contributed by atoms with Gasteiger partial charge in [0.1, 0.15) is 10.5 Å². The van der Waals surface area contributed by atoms with E-state index in [1.807, 2.05) is 13.8 Å². The summed E-state index contributed by atoms with van der Waals surface area (Å²) < 4.78 is 27.2. The molecule has 21 heavy (non-hydrogen) atoms. The van der Waals surface area contributed by atoms with Crippen molar-refractivity contribution < 1.29 is 8.42 Å². The maximum atomic E-state index is 12.8. The van der Waals surface area contributed by atoms with E-state index in [9.17, 15) is 8.42 Å². The van der Waals surface area contributed by atoms with Crippen LogP contribution >= 0.6 is 12.4 Å². The third-order valence-corrected chi connectivity index (χ3v) is 5.43. The monoisotopic (exact) mass is 330 g/mol. The molecule has 1 aliphatic heterocycles. The van der Waals surface area contributed by atoms with Gasteiger partial charge >= 0.3 is 0 Å². The van der Waals surface area contributed by atoms with Crippen molar-refractivity contribution in [3.05, 3.63) is 24.5 Å². The third-order valence-electron chi connectivity index (χ3n) is 3.56. The number of halogens is 1. The average molecular weight is 331 g/mol. The summed E-state index contributed by atoms with van der Waals surface area (Å²) in [5.41, 5.74) is 0.599. The lowest BCUT2D eigenvalue weighted by molar-refractivity contribution is 0.263. The average Bonchev–Trinajstić information content (AvgIpc) is 2.82. The van der Waals surface area contributed by atoms with Gasteiger partial charge in [-0.25, -0.2) is 13.4 Å². The molecule has 3 heterocycles. The smallest absolute Gasteiger partial charge is 0.245 e. The molecule has 0 saturated carbocycles.